The molecule has 0 aliphatic rings. The summed E-state index contributed by atoms with van der Waals surface area (Å²) < 4.78 is 6.38. The Balaban J connectivity index is 1.27. The summed E-state index contributed by atoms with van der Waals surface area (Å²) in [7, 11) is 0. The van der Waals surface area contributed by atoms with Gasteiger partial charge in [0.1, 0.15) is 11.2 Å². The van der Waals surface area contributed by atoms with E-state index in [0.29, 0.717) is 0 Å². The minimum atomic E-state index is 0.921. The lowest BCUT2D eigenvalue weighted by Crippen LogP contribution is -1.87. The fourth-order valence-corrected chi connectivity index (χ4v) is 6.05. The normalized spacial score (nSPS) is 11.6. The van der Waals surface area contributed by atoms with Crippen LogP contribution in [0.4, 0.5) is 0 Å². The maximum absolute atomic E-state index is 6.38. The van der Waals surface area contributed by atoms with Gasteiger partial charge in [-0.2, -0.15) is 0 Å². The summed E-state index contributed by atoms with van der Waals surface area (Å²) >= 11 is 0. The predicted molar refractivity (Wildman–Crippen MR) is 165 cm³/mol. The summed E-state index contributed by atoms with van der Waals surface area (Å²) in [6, 6.07) is 52.0. The molecule has 182 valence electrons. The molecule has 8 aromatic rings. The molecule has 0 atom stereocenters. The van der Waals surface area contributed by atoms with E-state index in [0.717, 1.165) is 27.5 Å². The summed E-state index contributed by atoms with van der Waals surface area (Å²) in [4.78, 5) is 0. The van der Waals surface area contributed by atoms with Crippen LogP contribution in [-0.2, 0) is 0 Å². The van der Waals surface area contributed by atoms with Crippen molar-refractivity contribution >= 4 is 43.5 Å². The van der Waals surface area contributed by atoms with Crippen LogP contribution in [0.15, 0.2) is 150 Å². The fraction of sp³-hybridized carbons (Fsp3) is 0. The van der Waals surface area contributed by atoms with Gasteiger partial charge in [-0.3, -0.25) is 0 Å². The van der Waals surface area contributed by atoms with E-state index in [1.165, 1.54) is 49.4 Å². The van der Waals surface area contributed by atoms with E-state index in [2.05, 4.69) is 133 Å². The third kappa shape index (κ3) is 3.48. The minimum absolute atomic E-state index is 0.921. The molecule has 7 aromatic carbocycles. The molecule has 0 fully saturated rings. The number of furan rings is 1. The number of rotatable bonds is 3. The zero-order valence-electron chi connectivity index (χ0n) is 21.3. The Kier molecular flexibility index (Phi) is 4.89. The molecular weight excluding hydrogens is 472 g/mol. The first-order valence-electron chi connectivity index (χ1n) is 13.4. The van der Waals surface area contributed by atoms with Gasteiger partial charge in [0.15, 0.2) is 0 Å². The first kappa shape index (κ1) is 21.9. The van der Waals surface area contributed by atoms with E-state index in [1.807, 2.05) is 12.1 Å². The smallest absolute Gasteiger partial charge is 0.143 e. The van der Waals surface area contributed by atoms with Crippen molar-refractivity contribution in [2.24, 2.45) is 0 Å². The molecule has 1 heteroatoms. The molecule has 39 heavy (non-hydrogen) atoms. The average Bonchev–Trinajstić information content (AvgIpc) is 3.40. The highest BCUT2D eigenvalue weighted by Gasteiger charge is 2.15. The van der Waals surface area contributed by atoms with E-state index < -0.39 is 0 Å². The molecule has 0 aliphatic heterocycles. The van der Waals surface area contributed by atoms with Crippen molar-refractivity contribution in [3.8, 4) is 33.4 Å². The molecule has 0 unspecified atom stereocenters. The maximum Gasteiger partial charge on any atom is 0.143 e. The van der Waals surface area contributed by atoms with Crippen LogP contribution in [0, 0.1) is 0 Å². The number of hydrogen-bond acceptors (Lipinski definition) is 1. The zero-order valence-corrected chi connectivity index (χ0v) is 21.3. The Bertz CT molecular complexity index is 2160. The molecule has 0 saturated carbocycles. The molecule has 0 amide bonds. The summed E-state index contributed by atoms with van der Waals surface area (Å²) in [5.41, 5.74) is 9.01. The molecular formula is C38H24O. The summed E-state index contributed by atoms with van der Waals surface area (Å²) in [6.45, 7) is 0. The van der Waals surface area contributed by atoms with E-state index in [9.17, 15) is 0 Å². The molecule has 1 aromatic heterocycles. The number of para-hydroxylation sites is 2. The van der Waals surface area contributed by atoms with Crippen molar-refractivity contribution < 1.29 is 4.42 Å². The second-order valence-electron chi connectivity index (χ2n) is 10.1. The molecule has 0 spiro atoms. The van der Waals surface area contributed by atoms with Crippen LogP contribution >= 0.6 is 0 Å². The number of benzene rings is 7. The van der Waals surface area contributed by atoms with E-state index >= 15 is 0 Å². The van der Waals surface area contributed by atoms with Crippen LogP contribution in [0.2, 0.25) is 0 Å². The zero-order chi connectivity index (χ0) is 25.8. The second-order valence-corrected chi connectivity index (χ2v) is 10.1. The fourth-order valence-electron chi connectivity index (χ4n) is 6.05. The third-order valence-corrected chi connectivity index (χ3v) is 7.90. The first-order valence-corrected chi connectivity index (χ1v) is 13.4. The topological polar surface area (TPSA) is 13.1 Å². The van der Waals surface area contributed by atoms with Crippen LogP contribution in [0.3, 0.4) is 0 Å². The molecule has 0 bridgehead atoms. The van der Waals surface area contributed by atoms with Gasteiger partial charge in [-0.05, 0) is 61.5 Å². The van der Waals surface area contributed by atoms with Crippen molar-refractivity contribution in [1.29, 1.82) is 0 Å². The van der Waals surface area contributed by atoms with Gasteiger partial charge in [-0.25, -0.2) is 0 Å². The summed E-state index contributed by atoms with van der Waals surface area (Å²) in [6.07, 6.45) is 0. The van der Waals surface area contributed by atoms with Crippen LogP contribution in [-0.4, -0.2) is 0 Å². The van der Waals surface area contributed by atoms with E-state index in [-0.39, 0.29) is 0 Å². The van der Waals surface area contributed by atoms with Crippen LogP contribution in [0.5, 0.6) is 0 Å². The number of hydrogen-bond donors (Lipinski definition) is 0. The molecule has 0 N–H and O–H groups in total. The quantitative estimate of drug-likeness (QED) is 0.222. The number of fused-ring (bicyclic) bond motifs is 6. The van der Waals surface area contributed by atoms with Crippen molar-refractivity contribution in [1.82, 2.24) is 0 Å². The molecule has 0 saturated heterocycles. The molecule has 0 radical (unpaired) electrons. The van der Waals surface area contributed by atoms with Gasteiger partial charge in [0.25, 0.3) is 0 Å². The van der Waals surface area contributed by atoms with Gasteiger partial charge < -0.3 is 4.42 Å². The van der Waals surface area contributed by atoms with Gasteiger partial charge in [0.05, 0.1) is 0 Å². The van der Waals surface area contributed by atoms with Crippen molar-refractivity contribution in [3.63, 3.8) is 0 Å². The van der Waals surface area contributed by atoms with Crippen molar-refractivity contribution in [2.75, 3.05) is 0 Å². The molecule has 1 nitrogen and oxygen atoms in total. The molecule has 8 rings (SSSR count). The van der Waals surface area contributed by atoms with Crippen molar-refractivity contribution in [2.45, 2.75) is 0 Å². The van der Waals surface area contributed by atoms with E-state index in [1.54, 1.807) is 0 Å². The predicted octanol–water partition coefficient (Wildman–Crippen LogP) is 10.9. The highest BCUT2D eigenvalue weighted by atomic mass is 16.3. The summed E-state index contributed by atoms with van der Waals surface area (Å²) in [5.74, 6) is 0. The second kappa shape index (κ2) is 8.72. The third-order valence-electron chi connectivity index (χ3n) is 7.90. The Labute approximate surface area is 226 Å². The summed E-state index contributed by atoms with van der Waals surface area (Å²) in [5, 5.41) is 7.43. The van der Waals surface area contributed by atoms with Gasteiger partial charge in [0, 0.05) is 16.3 Å². The molecule has 0 aliphatic carbocycles. The van der Waals surface area contributed by atoms with Gasteiger partial charge in [-0.15, -0.1) is 0 Å². The van der Waals surface area contributed by atoms with Crippen molar-refractivity contribution in [3.05, 3.63) is 146 Å². The Morgan fingerprint density at radius 2 is 0.897 bits per heavy atom. The maximum atomic E-state index is 6.38. The minimum Gasteiger partial charge on any atom is -0.455 e. The van der Waals surface area contributed by atoms with Crippen LogP contribution in [0.1, 0.15) is 0 Å². The molecule has 1 heterocycles. The Morgan fingerprint density at radius 3 is 1.72 bits per heavy atom. The highest BCUT2D eigenvalue weighted by Crippen LogP contribution is 2.41. The van der Waals surface area contributed by atoms with E-state index in [4.69, 9.17) is 4.42 Å². The average molecular weight is 497 g/mol. The Hall–Kier alpha value is -5.14. The Morgan fingerprint density at radius 1 is 0.333 bits per heavy atom. The first-order chi connectivity index (χ1) is 19.3. The van der Waals surface area contributed by atoms with Crippen LogP contribution in [0.25, 0.3) is 76.9 Å². The lowest BCUT2D eigenvalue weighted by atomic mass is 9.90. The van der Waals surface area contributed by atoms with Crippen LogP contribution < -0.4 is 0 Å². The standard InChI is InChI=1S/C38H24O/c1-2-12-29-27(10-1)24-36(32-15-6-5-13-30(29)32)26-22-20-25(21-23-26)28-11-3-4-14-31(28)34-17-9-18-35-33-16-7-8-19-37(33)39-38(34)35/h1-24H. The lowest BCUT2D eigenvalue weighted by molar-refractivity contribution is 0.670. The van der Waals surface area contributed by atoms with Gasteiger partial charge in [0.2, 0.25) is 0 Å². The lowest BCUT2D eigenvalue weighted by Gasteiger charge is -2.13. The SMILES string of the molecule is c1ccc(-c2cccc3c2oc2ccccc23)c(-c2ccc(-c3cc4ccccc4c4ccccc34)cc2)c1. The van der Waals surface area contributed by atoms with Gasteiger partial charge in [-0.1, -0.05) is 133 Å². The monoisotopic (exact) mass is 496 g/mol. The van der Waals surface area contributed by atoms with Gasteiger partial charge >= 0.3 is 0 Å². The highest BCUT2D eigenvalue weighted by molar-refractivity contribution is 6.14. The largest absolute Gasteiger partial charge is 0.455 e.